The van der Waals surface area contributed by atoms with E-state index < -0.39 is 0 Å². The Bertz CT molecular complexity index is 182. The van der Waals surface area contributed by atoms with E-state index >= 15 is 0 Å². The highest BCUT2D eigenvalue weighted by Crippen LogP contribution is 2.22. The second-order valence-corrected chi connectivity index (χ2v) is 3.96. The molecule has 2 N–H and O–H groups in total. The highest BCUT2D eigenvalue weighted by molar-refractivity contribution is 5.76. The van der Waals surface area contributed by atoms with E-state index in [1.165, 1.54) is 19.4 Å². The van der Waals surface area contributed by atoms with E-state index in [0.29, 0.717) is 6.04 Å². The number of carbonyl (C=O) groups excluding carboxylic acids is 1. The van der Waals surface area contributed by atoms with Crippen LogP contribution < -0.4 is 5.73 Å². The van der Waals surface area contributed by atoms with Gasteiger partial charge in [0, 0.05) is 12.0 Å². The molecular weight excluding hydrogens is 164 g/mol. The molecule has 1 amide bonds. The lowest BCUT2D eigenvalue weighted by molar-refractivity contribution is -0.121. The van der Waals surface area contributed by atoms with E-state index in [9.17, 15) is 4.79 Å². The highest BCUT2D eigenvalue weighted by Gasteiger charge is 2.25. The zero-order valence-electron chi connectivity index (χ0n) is 8.62. The van der Waals surface area contributed by atoms with Gasteiger partial charge in [-0.1, -0.05) is 13.8 Å². The first-order valence-corrected chi connectivity index (χ1v) is 5.18. The topological polar surface area (TPSA) is 46.3 Å². The van der Waals surface area contributed by atoms with Crippen LogP contribution in [0, 0.1) is 5.92 Å². The molecule has 0 aromatic rings. The molecule has 0 aromatic carbocycles. The Morgan fingerprint density at radius 1 is 1.69 bits per heavy atom. The lowest BCUT2D eigenvalue weighted by Gasteiger charge is -2.24. The summed E-state index contributed by atoms with van der Waals surface area (Å²) in [7, 11) is 0. The minimum atomic E-state index is -0.164. The van der Waals surface area contributed by atoms with Crippen LogP contribution in [-0.4, -0.2) is 29.9 Å². The van der Waals surface area contributed by atoms with Gasteiger partial charge in [0.1, 0.15) is 0 Å². The minimum Gasteiger partial charge on any atom is -0.369 e. The molecule has 1 rings (SSSR count). The van der Waals surface area contributed by atoms with E-state index in [4.69, 9.17) is 5.73 Å². The van der Waals surface area contributed by atoms with Crippen LogP contribution in [0.15, 0.2) is 0 Å². The van der Waals surface area contributed by atoms with Crippen LogP contribution in [0.25, 0.3) is 0 Å². The quantitative estimate of drug-likeness (QED) is 0.708. The maximum atomic E-state index is 10.9. The number of nitrogens with two attached hydrogens (primary N) is 1. The molecule has 1 aliphatic rings. The molecule has 3 heteroatoms. The summed E-state index contributed by atoms with van der Waals surface area (Å²) >= 11 is 0. The molecule has 0 spiro atoms. The van der Waals surface area contributed by atoms with E-state index in [-0.39, 0.29) is 11.8 Å². The molecule has 0 aromatic heterocycles. The van der Waals surface area contributed by atoms with Gasteiger partial charge >= 0.3 is 0 Å². The van der Waals surface area contributed by atoms with Crippen LogP contribution in [-0.2, 0) is 4.79 Å². The number of primary amides is 1. The third kappa shape index (κ3) is 2.69. The van der Waals surface area contributed by atoms with E-state index in [1.54, 1.807) is 0 Å². The summed E-state index contributed by atoms with van der Waals surface area (Å²) in [6.45, 7) is 6.38. The molecule has 0 aliphatic carbocycles. The average Bonchev–Trinajstić information content (AvgIpc) is 2.51. The number of amides is 1. The third-order valence-electron chi connectivity index (χ3n) is 3.02. The molecule has 3 nitrogen and oxygen atoms in total. The predicted molar refractivity (Wildman–Crippen MR) is 53.2 cm³/mol. The second-order valence-electron chi connectivity index (χ2n) is 3.96. The molecule has 76 valence electrons. The maximum Gasteiger partial charge on any atom is 0.220 e. The van der Waals surface area contributed by atoms with Crippen molar-refractivity contribution in [2.75, 3.05) is 13.1 Å². The Morgan fingerprint density at radius 2 is 2.38 bits per heavy atom. The first kappa shape index (κ1) is 10.5. The van der Waals surface area contributed by atoms with Gasteiger partial charge in [-0.2, -0.15) is 0 Å². The van der Waals surface area contributed by atoms with Crippen molar-refractivity contribution in [1.29, 1.82) is 0 Å². The standard InChI is InChI=1S/C10H20N2O/c1-3-12-6-4-5-9(12)7-8(2)10(11)13/h8-9H,3-7H2,1-2H3,(H2,11,13). The fourth-order valence-electron chi connectivity index (χ4n) is 2.10. The van der Waals surface area contributed by atoms with Gasteiger partial charge in [-0.05, 0) is 32.4 Å². The second kappa shape index (κ2) is 4.61. The smallest absolute Gasteiger partial charge is 0.220 e. The van der Waals surface area contributed by atoms with Crippen LogP contribution in [0.1, 0.15) is 33.1 Å². The van der Waals surface area contributed by atoms with E-state index in [1.807, 2.05) is 6.92 Å². The van der Waals surface area contributed by atoms with Crippen molar-refractivity contribution in [3.63, 3.8) is 0 Å². The third-order valence-corrected chi connectivity index (χ3v) is 3.02. The molecule has 1 fully saturated rings. The number of carbonyl (C=O) groups is 1. The Balaban J connectivity index is 2.39. The molecule has 0 saturated carbocycles. The lowest BCUT2D eigenvalue weighted by Crippen LogP contribution is -2.33. The molecule has 2 atom stereocenters. The summed E-state index contributed by atoms with van der Waals surface area (Å²) in [6.07, 6.45) is 3.43. The number of likely N-dealkylation sites (tertiary alicyclic amines) is 1. The Morgan fingerprint density at radius 3 is 2.92 bits per heavy atom. The number of rotatable bonds is 4. The monoisotopic (exact) mass is 184 g/mol. The largest absolute Gasteiger partial charge is 0.369 e. The van der Waals surface area contributed by atoms with Crippen LogP contribution >= 0.6 is 0 Å². The van der Waals surface area contributed by atoms with Gasteiger partial charge in [-0.25, -0.2) is 0 Å². The number of hydrogen-bond donors (Lipinski definition) is 1. The van der Waals surface area contributed by atoms with Gasteiger partial charge < -0.3 is 10.6 Å². The Kier molecular flexibility index (Phi) is 3.72. The van der Waals surface area contributed by atoms with Crippen LogP contribution in [0.3, 0.4) is 0 Å². The molecular formula is C10H20N2O. The van der Waals surface area contributed by atoms with E-state index in [2.05, 4.69) is 11.8 Å². The molecule has 1 heterocycles. The predicted octanol–water partition coefficient (Wildman–Crippen LogP) is 0.982. The minimum absolute atomic E-state index is 0.0251. The SMILES string of the molecule is CCN1CCCC1CC(C)C(N)=O. The van der Waals surface area contributed by atoms with Gasteiger partial charge in [-0.3, -0.25) is 4.79 Å². The number of hydrogen-bond acceptors (Lipinski definition) is 2. The van der Waals surface area contributed by atoms with Crippen LogP contribution in [0.4, 0.5) is 0 Å². The van der Waals surface area contributed by atoms with Crippen LogP contribution in [0.5, 0.6) is 0 Å². The van der Waals surface area contributed by atoms with Gasteiger partial charge in [-0.15, -0.1) is 0 Å². The van der Waals surface area contributed by atoms with Crippen molar-refractivity contribution in [3.8, 4) is 0 Å². The van der Waals surface area contributed by atoms with Gasteiger partial charge in [0.2, 0.25) is 5.91 Å². The zero-order chi connectivity index (χ0) is 9.84. The molecule has 0 radical (unpaired) electrons. The van der Waals surface area contributed by atoms with Crippen molar-refractivity contribution < 1.29 is 4.79 Å². The summed E-state index contributed by atoms with van der Waals surface area (Å²) in [6, 6.07) is 0.590. The van der Waals surface area contributed by atoms with Crippen molar-refractivity contribution in [3.05, 3.63) is 0 Å². The summed E-state index contributed by atoms with van der Waals surface area (Å²) in [5.74, 6) is -0.139. The van der Waals surface area contributed by atoms with Crippen molar-refractivity contribution >= 4 is 5.91 Å². The lowest BCUT2D eigenvalue weighted by atomic mass is 9.99. The van der Waals surface area contributed by atoms with Crippen molar-refractivity contribution in [1.82, 2.24) is 4.90 Å². The molecule has 0 bridgehead atoms. The van der Waals surface area contributed by atoms with Gasteiger partial charge in [0.25, 0.3) is 0 Å². The van der Waals surface area contributed by atoms with Crippen molar-refractivity contribution in [2.45, 2.75) is 39.2 Å². The number of nitrogens with zero attached hydrogens (tertiary/aromatic N) is 1. The summed E-state index contributed by atoms with van der Waals surface area (Å²) in [4.78, 5) is 13.3. The maximum absolute atomic E-state index is 10.9. The Hall–Kier alpha value is -0.570. The molecule has 13 heavy (non-hydrogen) atoms. The fraction of sp³-hybridized carbons (Fsp3) is 0.900. The first-order chi connectivity index (χ1) is 6.15. The van der Waals surface area contributed by atoms with Crippen molar-refractivity contribution in [2.24, 2.45) is 11.7 Å². The molecule has 2 unspecified atom stereocenters. The van der Waals surface area contributed by atoms with E-state index in [0.717, 1.165) is 13.0 Å². The molecule has 1 saturated heterocycles. The molecule has 1 aliphatic heterocycles. The zero-order valence-corrected chi connectivity index (χ0v) is 8.62. The summed E-state index contributed by atoms with van der Waals surface area (Å²) in [5.41, 5.74) is 5.24. The highest BCUT2D eigenvalue weighted by atomic mass is 16.1. The van der Waals surface area contributed by atoms with Gasteiger partial charge in [0.05, 0.1) is 0 Å². The first-order valence-electron chi connectivity index (χ1n) is 5.18. The summed E-state index contributed by atoms with van der Waals surface area (Å²) in [5, 5.41) is 0. The van der Waals surface area contributed by atoms with Gasteiger partial charge in [0.15, 0.2) is 0 Å². The average molecular weight is 184 g/mol. The normalized spacial score (nSPS) is 26.2. The van der Waals surface area contributed by atoms with Crippen LogP contribution in [0.2, 0.25) is 0 Å². The summed E-state index contributed by atoms with van der Waals surface area (Å²) < 4.78 is 0. The Labute approximate surface area is 80.3 Å². The fourth-order valence-corrected chi connectivity index (χ4v) is 2.10.